The maximum absolute atomic E-state index is 12.1. The van der Waals surface area contributed by atoms with Crippen molar-refractivity contribution in [1.29, 1.82) is 0 Å². The Hall–Kier alpha value is -3.55. The number of carboxylic acid groups (broad SMARTS) is 1. The third-order valence-electron chi connectivity index (χ3n) is 4.37. The topological polar surface area (TPSA) is 97.2 Å². The molecule has 1 amide bonds. The molecule has 7 nitrogen and oxygen atoms in total. The van der Waals surface area contributed by atoms with Crippen molar-refractivity contribution in [3.63, 3.8) is 0 Å². The molecule has 0 atom stereocenters. The Kier molecular flexibility index (Phi) is 8.29. The molecule has 9 heteroatoms. The van der Waals surface area contributed by atoms with E-state index < -0.39 is 5.97 Å². The first-order valence-electron chi connectivity index (χ1n) is 9.87. The number of ether oxygens (including phenoxy) is 2. The van der Waals surface area contributed by atoms with Crippen molar-refractivity contribution >= 4 is 41.3 Å². The number of rotatable bonds is 9. The molecule has 0 saturated heterocycles. The van der Waals surface area contributed by atoms with Gasteiger partial charge in [0.2, 0.25) is 0 Å². The van der Waals surface area contributed by atoms with Gasteiger partial charge in [-0.25, -0.2) is 10.2 Å². The van der Waals surface area contributed by atoms with Gasteiger partial charge in [0, 0.05) is 10.6 Å². The maximum Gasteiger partial charge on any atom is 0.335 e. The van der Waals surface area contributed by atoms with Crippen molar-refractivity contribution in [2.75, 3.05) is 6.61 Å². The van der Waals surface area contributed by atoms with Crippen LogP contribution in [0.25, 0.3) is 0 Å². The van der Waals surface area contributed by atoms with Gasteiger partial charge < -0.3 is 14.6 Å². The summed E-state index contributed by atoms with van der Waals surface area (Å²) in [6.07, 6.45) is 1.43. The van der Waals surface area contributed by atoms with Crippen molar-refractivity contribution in [3.8, 4) is 11.5 Å². The first-order valence-corrected chi connectivity index (χ1v) is 10.6. The van der Waals surface area contributed by atoms with E-state index in [9.17, 15) is 9.59 Å². The highest BCUT2D eigenvalue weighted by Gasteiger charge is 2.13. The molecule has 2 N–H and O–H groups in total. The number of hydrogen-bond donors (Lipinski definition) is 2. The van der Waals surface area contributed by atoms with Gasteiger partial charge in [-0.1, -0.05) is 35.3 Å². The van der Waals surface area contributed by atoms with Crippen LogP contribution in [-0.4, -0.2) is 29.8 Å². The Morgan fingerprint density at radius 1 is 1.03 bits per heavy atom. The van der Waals surface area contributed by atoms with Gasteiger partial charge in [0.05, 0.1) is 23.4 Å². The molecule has 0 fully saturated rings. The minimum Gasteiger partial charge on any atom is -0.490 e. The quantitative estimate of drug-likeness (QED) is 0.310. The number of nitrogens with zero attached hydrogens (tertiary/aromatic N) is 1. The average Bonchev–Trinajstić information content (AvgIpc) is 2.79. The lowest BCUT2D eigenvalue weighted by atomic mass is 10.1. The Bertz CT molecular complexity index is 1180. The highest BCUT2D eigenvalue weighted by atomic mass is 35.5. The summed E-state index contributed by atoms with van der Waals surface area (Å²) in [7, 11) is 0. The summed E-state index contributed by atoms with van der Waals surface area (Å²) < 4.78 is 11.5. The maximum atomic E-state index is 12.1. The van der Waals surface area contributed by atoms with Gasteiger partial charge >= 0.3 is 5.97 Å². The normalized spacial score (nSPS) is 10.8. The molecule has 3 aromatic rings. The van der Waals surface area contributed by atoms with Crippen LogP contribution < -0.4 is 14.9 Å². The summed E-state index contributed by atoms with van der Waals surface area (Å²) in [4.78, 5) is 23.3. The van der Waals surface area contributed by atoms with Gasteiger partial charge in [0.25, 0.3) is 5.91 Å². The van der Waals surface area contributed by atoms with Crippen molar-refractivity contribution in [2.24, 2.45) is 5.10 Å². The van der Waals surface area contributed by atoms with E-state index in [2.05, 4.69) is 10.5 Å². The molecule has 0 unspecified atom stereocenters. The molecule has 0 heterocycles. The van der Waals surface area contributed by atoms with Crippen molar-refractivity contribution in [2.45, 2.75) is 13.5 Å². The van der Waals surface area contributed by atoms with Crippen LogP contribution in [0.15, 0.2) is 65.8 Å². The first kappa shape index (κ1) is 24.1. The molecule has 0 bridgehead atoms. The first-order chi connectivity index (χ1) is 15.9. The molecule has 0 aliphatic heterocycles. The van der Waals surface area contributed by atoms with E-state index in [-0.39, 0.29) is 23.1 Å². The number of benzene rings is 3. The zero-order valence-corrected chi connectivity index (χ0v) is 19.1. The number of carboxylic acids is 1. The predicted octanol–water partition coefficient (Wildman–Crippen LogP) is 5.43. The smallest absolute Gasteiger partial charge is 0.335 e. The number of nitrogens with one attached hydrogen (secondary N) is 1. The summed E-state index contributed by atoms with van der Waals surface area (Å²) >= 11 is 12.2. The minimum absolute atomic E-state index is 0.103. The van der Waals surface area contributed by atoms with E-state index in [0.717, 1.165) is 0 Å². The van der Waals surface area contributed by atoms with E-state index in [0.29, 0.717) is 39.8 Å². The molecular weight excluding hydrogens is 467 g/mol. The number of carbonyl (C=O) groups excluding carboxylic acids is 1. The molecule has 0 aromatic heterocycles. The molecule has 3 aromatic carbocycles. The second-order valence-electron chi connectivity index (χ2n) is 6.76. The van der Waals surface area contributed by atoms with E-state index >= 15 is 0 Å². The lowest BCUT2D eigenvalue weighted by Crippen LogP contribution is -2.17. The summed E-state index contributed by atoms with van der Waals surface area (Å²) in [6.45, 7) is 2.29. The Morgan fingerprint density at radius 3 is 2.48 bits per heavy atom. The van der Waals surface area contributed by atoms with E-state index in [1.807, 2.05) is 6.92 Å². The third-order valence-corrected chi connectivity index (χ3v) is 4.91. The zero-order chi connectivity index (χ0) is 23.8. The van der Waals surface area contributed by atoms with Crippen LogP contribution in [0.1, 0.15) is 38.8 Å². The average molecular weight is 487 g/mol. The standard InChI is InChI=1S/C24H20Cl2N2O5/c1-2-32-21-12-16(13-27-28-23(29)17-6-8-19(25)9-7-17)11-20(26)22(21)33-14-15-4-3-5-18(10-15)24(30)31/h3-13H,2,14H2,1H3,(H,28,29)(H,30,31)/b27-13-. The van der Waals surface area contributed by atoms with Gasteiger partial charge in [0.15, 0.2) is 11.5 Å². The highest BCUT2D eigenvalue weighted by Crippen LogP contribution is 2.37. The molecule has 0 radical (unpaired) electrons. The van der Waals surface area contributed by atoms with E-state index in [1.54, 1.807) is 48.5 Å². The van der Waals surface area contributed by atoms with Crippen molar-refractivity contribution in [3.05, 3.63) is 93.0 Å². The Balaban J connectivity index is 1.72. The molecule has 3 rings (SSSR count). The van der Waals surface area contributed by atoms with Crippen LogP contribution in [-0.2, 0) is 6.61 Å². The third kappa shape index (κ3) is 6.71. The summed E-state index contributed by atoms with van der Waals surface area (Å²) in [6, 6.07) is 16.1. The number of hydrazone groups is 1. The van der Waals surface area contributed by atoms with Crippen LogP contribution in [0.4, 0.5) is 0 Å². The fourth-order valence-corrected chi connectivity index (χ4v) is 3.25. The monoisotopic (exact) mass is 486 g/mol. The largest absolute Gasteiger partial charge is 0.490 e. The molecule has 170 valence electrons. The van der Waals surface area contributed by atoms with E-state index in [4.69, 9.17) is 37.8 Å². The fraction of sp³-hybridized carbons (Fsp3) is 0.125. The summed E-state index contributed by atoms with van der Waals surface area (Å²) in [5, 5.41) is 13.9. The minimum atomic E-state index is -1.02. The number of amides is 1. The van der Waals surface area contributed by atoms with Crippen LogP contribution in [0.3, 0.4) is 0 Å². The molecular formula is C24H20Cl2N2O5. The summed E-state index contributed by atoms with van der Waals surface area (Å²) in [5.41, 5.74) is 4.27. The van der Waals surface area contributed by atoms with Crippen LogP contribution in [0, 0.1) is 0 Å². The predicted molar refractivity (Wildman–Crippen MR) is 127 cm³/mol. The number of halogens is 2. The van der Waals surface area contributed by atoms with E-state index in [1.165, 1.54) is 18.3 Å². The zero-order valence-electron chi connectivity index (χ0n) is 17.5. The van der Waals surface area contributed by atoms with Crippen molar-refractivity contribution in [1.82, 2.24) is 5.43 Å². The van der Waals surface area contributed by atoms with Gasteiger partial charge in [-0.05, 0) is 66.6 Å². The SMILES string of the molecule is CCOc1cc(/C=N\NC(=O)c2ccc(Cl)cc2)cc(Cl)c1OCc1cccc(C(=O)O)c1. The fourth-order valence-electron chi connectivity index (χ4n) is 2.85. The van der Waals surface area contributed by atoms with Gasteiger partial charge in [-0.3, -0.25) is 4.79 Å². The molecule has 0 spiro atoms. The number of hydrogen-bond acceptors (Lipinski definition) is 5. The summed E-state index contributed by atoms with van der Waals surface area (Å²) in [5.74, 6) is -0.689. The number of aromatic carboxylic acids is 1. The highest BCUT2D eigenvalue weighted by molar-refractivity contribution is 6.32. The van der Waals surface area contributed by atoms with Crippen molar-refractivity contribution < 1.29 is 24.2 Å². The molecule has 0 aliphatic rings. The Morgan fingerprint density at radius 2 is 1.79 bits per heavy atom. The van der Waals surface area contributed by atoms with Gasteiger partial charge in [-0.15, -0.1) is 0 Å². The van der Waals surface area contributed by atoms with Gasteiger partial charge in [0.1, 0.15) is 6.61 Å². The lowest BCUT2D eigenvalue weighted by Gasteiger charge is -2.14. The number of carbonyl (C=O) groups is 2. The molecule has 0 saturated carbocycles. The Labute approximate surface area is 200 Å². The van der Waals surface area contributed by atoms with Gasteiger partial charge in [-0.2, -0.15) is 5.10 Å². The lowest BCUT2D eigenvalue weighted by molar-refractivity contribution is 0.0696. The second-order valence-corrected chi connectivity index (χ2v) is 7.61. The second kappa shape index (κ2) is 11.4. The molecule has 33 heavy (non-hydrogen) atoms. The van der Waals surface area contributed by atoms with Crippen LogP contribution in [0.2, 0.25) is 10.0 Å². The molecule has 0 aliphatic carbocycles. The van der Waals surface area contributed by atoms with Crippen LogP contribution in [0.5, 0.6) is 11.5 Å². The van der Waals surface area contributed by atoms with Crippen LogP contribution >= 0.6 is 23.2 Å².